The Morgan fingerprint density at radius 3 is 2.70 bits per heavy atom. The van der Waals surface area contributed by atoms with Crippen LogP contribution in [0.2, 0.25) is 0 Å². The molecule has 1 aromatic carbocycles. The molecule has 0 radical (unpaired) electrons. The van der Waals surface area contributed by atoms with Crippen LogP contribution in [-0.4, -0.2) is 38.8 Å². The quantitative estimate of drug-likeness (QED) is 0.287. The number of rotatable bonds is 9. The summed E-state index contributed by atoms with van der Waals surface area (Å²) in [6, 6.07) is 7.60. The van der Waals surface area contributed by atoms with E-state index in [2.05, 4.69) is 22.1 Å². The van der Waals surface area contributed by atoms with Crippen molar-refractivity contribution in [2.45, 2.75) is 30.8 Å². The van der Waals surface area contributed by atoms with Crippen molar-refractivity contribution in [1.29, 1.82) is 0 Å². The van der Waals surface area contributed by atoms with Gasteiger partial charge in [0.05, 0.1) is 35.5 Å². The second-order valence-corrected chi connectivity index (χ2v) is 9.31. The van der Waals surface area contributed by atoms with Crippen LogP contribution in [0.15, 0.2) is 53.9 Å². The highest BCUT2D eigenvalue weighted by molar-refractivity contribution is 8.16. The molecule has 4 rings (SSSR count). The molecular weight excluding hydrogens is 463 g/mol. The van der Waals surface area contributed by atoms with Gasteiger partial charge in [-0.1, -0.05) is 6.92 Å². The normalized spacial score (nSPS) is 13.3. The van der Waals surface area contributed by atoms with E-state index in [-0.39, 0.29) is 12.3 Å². The summed E-state index contributed by atoms with van der Waals surface area (Å²) in [5.41, 5.74) is 1.95. The first-order valence-corrected chi connectivity index (χ1v) is 11.7. The van der Waals surface area contributed by atoms with Gasteiger partial charge in [0, 0.05) is 43.9 Å². The molecule has 0 spiro atoms. The molecule has 11 heteroatoms. The van der Waals surface area contributed by atoms with Gasteiger partial charge in [-0.25, -0.2) is 13.4 Å². The number of pyridine rings is 1. The van der Waals surface area contributed by atoms with Crippen molar-refractivity contribution in [2.24, 2.45) is 7.05 Å². The molecular formula is C22H25FN6O2S2. The van der Waals surface area contributed by atoms with Crippen LogP contribution in [0.3, 0.4) is 0 Å². The van der Waals surface area contributed by atoms with E-state index in [1.807, 2.05) is 44.4 Å². The van der Waals surface area contributed by atoms with Gasteiger partial charge in [-0.3, -0.25) is 4.68 Å². The van der Waals surface area contributed by atoms with Crippen LogP contribution in [0, 0.1) is 0 Å². The first kappa shape index (κ1) is 23.4. The van der Waals surface area contributed by atoms with Gasteiger partial charge in [-0.05, 0) is 43.2 Å². The molecule has 0 aliphatic carbocycles. The highest BCUT2D eigenvalue weighted by atomic mass is 32.2. The van der Waals surface area contributed by atoms with Gasteiger partial charge < -0.3 is 9.47 Å². The number of halogens is 1. The SMILES string of the molecule is CCC(C)(OC)c1ccnc(-n2cc(SN(SF)c3c(OC)ccc4cnn(C)c34)cn2)c1. The molecule has 3 aromatic heterocycles. The predicted octanol–water partition coefficient (Wildman–Crippen LogP) is 5.48. The second kappa shape index (κ2) is 9.62. The Kier molecular flexibility index (Phi) is 6.82. The topological polar surface area (TPSA) is 70.2 Å². The van der Waals surface area contributed by atoms with Crippen LogP contribution in [0.1, 0.15) is 25.8 Å². The fourth-order valence-corrected chi connectivity index (χ4v) is 4.89. The average Bonchev–Trinajstić information content (AvgIpc) is 3.48. The molecule has 0 aliphatic rings. The molecule has 0 saturated heterocycles. The zero-order valence-corrected chi connectivity index (χ0v) is 20.7. The number of anilines is 1. The summed E-state index contributed by atoms with van der Waals surface area (Å²) in [4.78, 5) is 5.18. The van der Waals surface area contributed by atoms with Crippen molar-refractivity contribution in [3.63, 3.8) is 0 Å². The van der Waals surface area contributed by atoms with E-state index in [9.17, 15) is 3.89 Å². The van der Waals surface area contributed by atoms with Crippen molar-refractivity contribution in [1.82, 2.24) is 24.5 Å². The average molecular weight is 489 g/mol. The zero-order chi connectivity index (χ0) is 23.6. The lowest BCUT2D eigenvalue weighted by Gasteiger charge is -2.27. The van der Waals surface area contributed by atoms with E-state index in [0.717, 1.165) is 27.8 Å². The Labute approximate surface area is 200 Å². The number of fused-ring (bicyclic) bond motifs is 1. The van der Waals surface area contributed by atoms with Gasteiger partial charge >= 0.3 is 0 Å². The summed E-state index contributed by atoms with van der Waals surface area (Å²) in [6.45, 7) is 4.12. The molecule has 0 amide bonds. The van der Waals surface area contributed by atoms with E-state index in [0.29, 0.717) is 17.3 Å². The monoisotopic (exact) mass is 488 g/mol. The number of hydrogen-bond acceptors (Lipinski definition) is 8. The Morgan fingerprint density at radius 2 is 2.00 bits per heavy atom. The van der Waals surface area contributed by atoms with Crippen LogP contribution >= 0.6 is 24.3 Å². The lowest BCUT2D eigenvalue weighted by Crippen LogP contribution is -2.23. The van der Waals surface area contributed by atoms with Crippen LogP contribution in [-0.2, 0) is 17.4 Å². The molecule has 1 atom stereocenters. The highest BCUT2D eigenvalue weighted by Gasteiger charge is 2.25. The lowest BCUT2D eigenvalue weighted by molar-refractivity contribution is -0.00147. The standard InChI is InChI=1S/C22H25FN6O2S2/c1-6-22(2,31-5)16-9-10-24-19(11-16)28-14-17(13-26-28)32-29(33-23)21-18(30-4)8-7-15-12-25-27(3)20(15)21/h7-14H,6H2,1-5H3. The summed E-state index contributed by atoms with van der Waals surface area (Å²) < 4.78 is 30.2. The molecule has 0 N–H and O–H groups in total. The van der Waals surface area contributed by atoms with E-state index in [1.54, 1.807) is 42.2 Å². The van der Waals surface area contributed by atoms with E-state index >= 15 is 0 Å². The maximum absolute atomic E-state index is 14.2. The van der Waals surface area contributed by atoms with Crippen LogP contribution in [0.4, 0.5) is 9.57 Å². The fourth-order valence-electron chi connectivity index (χ4n) is 3.58. The largest absolute Gasteiger partial charge is 0.494 e. The van der Waals surface area contributed by atoms with Gasteiger partial charge in [0.15, 0.2) is 18.2 Å². The molecule has 0 bridgehead atoms. The summed E-state index contributed by atoms with van der Waals surface area (Å²) in [5.74, 6) is 1.20. The van der Waals surface area contributed by atoms with Gasteiger partial charge in [-0.2, -0.15) is 10.2 Å². The van der Waals surface area contributed by atoms with Crippen LogP contribution in [0.25, 0.3) is 16.7 Å². The maximum atomic E-state index is 14.2. The van der Waals surface area contributed by atoms with Crippen molar-refractivity contribution in [3.05, 3.63) is 54.6 Å². The minimum absolute atomic E-state index is 0.0972. The molecule has 174 valence electrons. The first-order valence-electron chi connectivity index (χ1n) is 10.3. The number of aryl methyl sites for hydroxylation is 1. The number of ether oxygens (including phenoxy) is 2. The Bertz CT molecular complexity index is 1260. The molecule has 8 nitrogen and oxygen atoms in total. The Balaban J connectivity index is 1.66. The number of methoxy groups -OCH3 is 2. The summed E-state index contributed by atoms with van der Waals surface area (Å²) >= 11 is 1.29. The second-order valence-electron chi connectivity index (χ2n) is 7.55. The van der Waals surface area contributed by atoms with Crippen molar-refractivity contribution < 1.29 is 13.4 Å². The van der Waals surface area contributed by atoms with Crippen molar-refractivity contribution in [2.75, 3.05) is 17.9 Å². The number of hydrogen-bond donors (Lipinski definition) is 0. The molecule has 1 unspecified atom stereocenters. The minimum atomic E-state index is -0.414. The number of benzene rings is 1. The predicted molar refractivity (Wildman–Crippen MR) is 130 cm³/mol. The summed E-state index contributed by atoms with van der Waals surface area (Å²) in [7, 11) is 5.08. The van der Waals surface area contributed by atoms with Crippen molar-refractivity contribution >= 4 is 40.9 Å². The number of nitrogens with zero attached hydrogens (tertiary/aromatic N) is 6. The van der Waals surface area contributed by atoms with Crippen LogP contribution < -0.4 is 8.45 Å². The van der Waals surface area contributed by atoms with E-state index in [4.69, 9.17) is 9.47 Å². The molecule has 0 fully saturated rings. The first-order chi connectivity index (χ1) is 15.9. The fraction of sp³-hybridized carbons (Fsp3) is 0.318. The summed E-state index contributed by atoms with van der Waals surface area (Å²) in [5, 5.41) is 9.63. The van der Waals surface area contributed by atoms with E-state index < -0.39 is 5.60 Å². The van der Waals surface area contributed by atoms with Gasteiger partial charge in [-0.15, -0.1) is 3.89 Å². The molecule has 33 heavy (non-hydrogen) atoms. The number of aromatic nitrogens is 5. The molecule has 3 heterocycles. The molecule has 4 aromatic rings. The molecule has 0 saturated carbocycles. The third-order valence-electron chi connectivity index (χ3n) is 5.77. The molecule has 0 aliphatic heterocycles. The Hall–Kier alpha value is -2.76. The lowest BCUT2D eigenvalue weighted by atomic mass is 9.94. The maximum Gasteiger partial charge on any atom is 0.177 e. The van der Waals surface area contributed by atoms with Crippen molar-refractivity contribution in [3.8, 4) is 11.6 Å². The third-order valence-corrected chi connectivity index (χ3v) is 7.24. The Morgan fingerprint density at radius 1 is 1.18 bits per heavy atom. The van der Waals surface area contributed by atoms with Gasteiger partial charge in [0.1, 0.15) is 11.4 Å². The van der Waals surface area contributed by atoms with Gasteiger partial charge in [0.25, 0.3) is 0 Å². The zero-order valence-electron chi connectivity index (χ0n) is 19.0. The third kappa shape index (κ3) is 4.40. The minimum Gasteiger partial charge on any atom is -0.494 e. The van der Waals surface area contributed by atoms with Crippen LogP contribution in [0.5, 0.6) is 5.75 Å². The van der Waals surface area contributed by atoms with E-state index in [1.165, 1.54) is 15.7 Å². The smallest absolute Gasteiger partial charge is 0.177 e. The van der Waals surface area contributed by atoms with Gasteiger partial charge in [0.2, 0.25) is 0 Å². The summed E-state index contributed by atoms with van der Waals surface area (Å²) in [6.07, 6.45) is 7.78. The highest BCUT2D eigenvalue weighted by Crippen LogP contribution is 2.45.